The number of morpholine rings is 1. The number of carbonyl (C=O) groups is 1. The Kier molecular flexibility index (Phi) is 6.38. The van der Waals surface area contributed by atoms with Crippen LogP contribution in [0.3, 0.4) is 0 Å². The first kappa shape index (κ1) is 19.0. The first-order valence-corrected chi connectivity index (χ1v) is 9.06. The molecule has 0 amide bonds. The molecule has 0 aliphatic carbocycles. The molecular formula is C19H19Cl2NO4. The quantitative estimate of drug-likeness (QED) is 0.771. The Hall–Kier alpha value is -1.79. The minimum atomic E-state index is -0.783. The van der Waals surface area contributed by atoms with Crippen LogP contribution >= 0.6 is 23.2 Å². The molecule has 7 heteroatoms. The predicted molar refractivity (Wildman–Crippen MR) is 100 cm³/mol. The number of ether oxygens (including phenoxy) is 2. The SMILES string of the molecule is O=C(O)CCN1CCOC(c2ccc(Oc3cccc(Cl)c3Cl)cc2)C1. The van der Waals surface area contributed by atoms with E-state index in [1.165, 1.54) is 0 Å². The molecule has 138 valence electrons. The van der Waals surface area contributed by atoms with E-state index in [2.05, 4.69) is 4.90 Å². The molecule has 1 atom stereocenters. The summed E-state index contributed by atoms with van der Waals surface area (Å²) in [7, 11) is 0. The highest BCUT2D eigenvalue weighted by molar-refractivity contribution is 6.42. The first-order valence-electron chi connectivity index (χ1n) is 8.30. The third kappa shape index (κ3) is 4.89. The third-order valence-corrected chi connectivity index (χ3v) is 4.99. The third-order valence-electron chi connectivity index (χ3n) is 4.19. The van der Waals surface area contributed by atoms with Gasteiger partial charge in [0.25, 0.3) is 0 Å². The molecule has 1 fully saturated rings. The van der Waals surface area contributed by atoms with Gasteiger partial charge in [-0.2, -0.15) is 0 Å². The molecule has 1 aliphatic rings. The normalized spacial score (nSPS) is 17.8. The summed E-state index contributed by atoms with van der Waals surface area (Å²) in [6.45, 7) is 2.54. The van der Waals surface area contributed by atoms with E-state index in [1.54, 1.807) is 18.2 Å². The number of nitrogens with zero attached hydrogens (tertiary/aromatic N) is 1. The van der Waals surface area contributed by atoms with Crippen molar-refractivity contribution in [3.8, 4) is 11.5 Å². The van der Waals surface area contributed by atoms with Crippen molar-refractivity contribution in [2.75, 3.05) is 26.2 Å². The van der Waals surface area contributed by atoms with E-state index in [-0.39, 0.29) is 12.5 Å². The van der Waals surface area contributed by atoms with Gasteiger partial charge < -0.3 is 14.6 Å². The summed E-state index contributed by atoms with van der Waals surface area (Å²) in [6, 6.07) is 12.8. The Morgan fingerprint density at radius 2 is 2.00 bits per heavy atom. The minimum Gasteiger partial charge on any atom is -0.481 e. The number of aliphatic carboxylic acids is 1. The van der Waals surface area contributed by atoms with Crippen molar-refractivity contribution >= 4 is 29.2 Å². The van der Waals surface area contributed by atoms with Crippen molar-refractivity contribution in [2.45, 2.75) is 12.5 Å². The van der Waals surface area contributed by atoms with E-state index >= 15 is 0 Å². The lowest BCUT2D eigenvalue weighted by atomic mass is 10.1. The van der Waals surface area contributed by atoms with Gasteiger partial charge in [-0.15, -0.1) is 0 Å². The topological polar surface area (TPSA) is 59.0 Å². The van der Waals surface area contributed by atoms with E-state index < -0.39 is 5.97 Å². The number of rotatable bonds is 6. The molecule has 1 aliphatic heterocycles. The van der Waals surface area contributed by atoms with Crippen LogP contribution in [0.25, 0.3) is 0 Å². The fraction of sp³-hybridized carbons (Fsp3) is 0.316. The second-order valence-electron chi connectivity index (χ2n) is 6.03. The Morgan fingerprint density at radius 3 is 2.73 bits per heavy atom. The highest BCUT2D eigenvalue weighted by Crippen LogP contribution is 2.35. The molecule has 2 aromatic carbocycles. The molecule has 3 rings (SSSR count). The van der Waals surface area contributed by atoms with Gasteiger partial charge in [0.15, 0.2) is 0 Å². The highest BCUT2D eigenvalue weighted by Gasteiger charge is 2.22. The van der Waals surface area contributed by atoms with Gasteiger partial charge in [0, 0.05) is 19.6 Å². The second kappa shape index (κ2) is 8.73. The van der Waals surface area contributed by atoms with E-state index in [1.807, 2.05) is 24.3 Å². The van der Waals surface area contributed by atoms with Gasteiger partial charge in [-0.1, -0.05) is 41.4 Å². The van der Waals surface area contributed by atoms with Crippen molar-refractivity contribution in [1.29, 1.82) is 0 Å². The molecule has 0 spiro atoms. The first-order chi connectivity index (χ1) is 12.5. The molecule has 2 aromatic rings. The molecule has 1 saturated heterocycles. The van der Waals surface area contributed by atoms with Gasteiger partial charge in [0.2, 0.25) is 0 Å². The lowest BCUT2D eigenvalue weighted by Gasteiger charge is -2.32. The van der Waals surface area contributed by atoms with Crippen molar-refractivity contribution in [1.82, 2.24) is 4.90 Å². The summed E-state index contributed by atoms with van der Waals surface area (Å²) in [5.74, 6) is 0.367. The van der Waals surface area contributed by atoms with Crippen LogP contribution in [-0.4, -0.2) is 42.2 Å². The van der Waals surface area contributed by atoms with Gasteiger partial charge in [-0.05, 0) is 29.8 Å². The molecule has 5 nitrogen and oxygen atoms in total. The van der Waals surface area contributed by atoms with Crippen molar-refractivity contribution < 1.29 is 19.4 Å². The van der Waals surface area contributed by atoms with Gasteiger partial charge in [-0.3, -0.25) is 9.69 Å². The number of benzene rings is 2. The molecule has 1 heterocycles. The smallest absolute Gasteiger partial charge is 0.304 e. The van der Waals surface area contributed by atoms with Gasteiger partial charge >= 0.3 is 5.97 Å². The predicted octanol–water partition coefficient (Wildman–Crippen LogP) is 4.63. The maximum Gasteiger partial charge on any atom is 0.304 e. The number of halogens is 2. The molecule has 1 unspecified atom stereocenters. The van der Waals surface area contributed by atoms with Crippen molar-refractivity contribution in [2.24, 2.45) is 0 Å². The zero-order valence-corrected chi connectivity index (χ0v) is 15.5. The van der Waals surface area contributed by atoms with E-state index in [9.17, 15) is 4.79 Å². The maximum absolute atomic E-state index is 10.7. The zero-order chi connectivity index (χ0) is 18.5. The standard InChI is InChI=1S/C19H19Cl2NO4/c20-15-2-1-3-16(19(15)21)26-14-6-4-13(5-7-14)17-12-22(10-11-25-17)9-8-18(23)24/h1-7,17H,8-12H2,(H,23,24). The summed E-state index contributed by atoms with van der Waals surface area (Å²) in [4.78, 5) is 12.8. The Morgan fingerprint density at radius 1 is 1.23 bits per heavy atom. The highest BCUT2D eigenvalue weighted by atomic mass is 35.5. The average Bonchev–Trinajstić information content (AvgIpc) is 2.65. The van der Waals surface area contributed by atoms with Crippen LogP contribution < -0.4 is 4.74 Å². The van der Waals surface area contributed by atoms with Crippen LogP contribution in [-0.2, 0) is 9.53 Å². The molecule has 0 bridgehead atoms. The Labute approximate surface area is 162 Å². The molecular weight excluding hydrogens is 377 g/mol. The summed E-state index contributed by atoms with van der Waals surface area (Å²) in [5, 5.41) is 9.65. The van der Waals surface area contributed by atoms with E-state index in [4.69, 9.17) is 37.8 Å². The number of hydrogen-bond acceptors (Lipinski definition) is 4. The Balaban J connectivity index is 1.63. The second-order valence-corrected chi connectivity index (χ2v) is 6.81. The average molecular weight is 396 g/mol. The van der Waals surface area contributed by atoms with Crippen LogP contribution in [0.2, 0.25) is 10.0 Å². The molecule has 1 N–H and O–H groups in total. The van der Waals surface area contributed by atoms with Crippen LogP contribution in [0.4, 0.5) is 0 Å². The maximum atomic E-state index is 10.7. The molecule has 26 heavy (non-hydrogen) atoms. The van der Waals surface area contributed by atoms with Crippen molar-refractivity contribution in [3.05, 3.63) is 58.1 Å². The fourth-order valence-electron chi connectivity index (χ4n) is 2.80. The van der Waals surface area contributed by atoms with Gasteiger partial charge in [0.05, 0.1) is 24.2 Å². The lowest BCUT2D eigenvalue weighted by Crippen LogP contribution is -2.39. The van der Waals surface area contributed by atoms with E-state index in [0.717, 1.165) is 12.1 Å². The number of hydrogen-bond donors (Lipinski definition) is 1. The minimum absolute atomic E-state index is 0.0821. The zero-order valence-electron chi connectivity index (χ0n) is 14.0. The van der Waals surface area contributed by atoms with Crippen LogP contribution in [0.1, 0.15) is 18.1 Å². The summed E-state index contributed by atoms with van der Waals surface area (Å²) < 4.78 is 11.6. The molecule has 0 aromatic heterocycles. The van der Waals surface area contributed by atoms with E-state index in [0.29, 0.717) is 41.2 Å². The lowest BCUT2D eigenvalue weighted by molar-refractivity contribution is -0.137. The molecule has 0 radical (unpaired) electrons. The fourth-order valence-corrected chi connectivity index (χ4v) is 3.13. The summed E-state index contributed by atoms with van der Waals surface area (Å²) in [6.07, 6.45) is 0.0567. The van der Waals surface area contributed by atoms with Crippen LogP contribution in [0, 0.1) is 0 Å². The number of carboxylic acids is 1. The monoisotopic (exact) mass is 395 g/mol. The van der Waals surface area contributed by atoms with Gasteiger partial charge in [0.1, 0.15) is 16.5 Å². The van der Waals surface area contributed by atoms with Crippen LogP contribution in [0.5, 0.6) is 11.5 Å². The largest absolute Gasteiger partial charge is 0.481 e. The summed E-state index contributed by atoms with van der Waals surface area (Å²) >= 11 is 12.1. The van der Waals surface area contributed by atoms with Crippen LogP contribution in [0.15, 0.2) is 42.5 Å². The Bertz CT molecular complexity index is 767. The van der Waals surface area contributed by atoms with Gasteiger partial charge in [-0.25, -0.2) is 0 Å². The summed E-state index contributed by atoms with van der Waals surface area (Å²) in [5.41, 5.74) is 1.02. The molecule has 0 saturated carbocycles. The van der Waals surface area contributed by atoms with Crippen molar-refractivity contribution in [3.63, 3.8) is 0 Å². The number of carboxylic acid groups (broad SMARTS) is 1.